The summed E-state index contributed by atoms with van der Waals surface area (Å²) in [5.41, 5.74) is 11.5. The summed E-state index contributed by atoms with van der Waals surface area (Å²) in [4.78, 5) is 10.1. The summed E-state index contributed by atoms with van der Waals surface area (Å²) in [6.45, 7) is 2.02. The number of para-hydroxylation sites is 2. The molecule has 0 radical (unpaired) electrons. The lowest BCUT2D eigenvalue weighted by Gasteiger charge is -2.12. The fraction of sp³-hybridized carbons (Fsp3) is 0.0204. The molecule has 0 aliphatic carbocycles. The van der Waals surface area contributed by atoms with Gasteiger partial charge in [0, 0.05) is 55.1 Å². The first-order valence-corrected chi connectivity index (χ1v) is 17.9. The van der Waals surface area contributed by atoms with E-state index in [9.17, 15) is 5.11 Å². The average molecular weight is 697 g/mol. The van der Waals surface area contributed by atoms with Gasteiger partial charge in [0.15, 0.2) is 0 Å². The highest BCUT2D eigenvalue weighted by molar-refractivity contribution is 6.08. The second-order valence-electron chi connectivity index (χ2n) is 13.6. The van der Waals surface area contributed by atoms with Gasteiger partial charge in [-0.05, 0) is 78.7 Å². The van der Waals surface area contributed by atoms with Crippen LogP contribution in [0, 0.1) is 6.92 Å². The normalized spacial score (nSPS) is 11.5. The van der Waals surface area contributed by atoms with Crippen molar-refractivity contribution in [3.8, 4) is 73.3 Å². The molecule has 0 aliphatic rings. The summed E-state index contributed by atoms with van der Waals surface area (Å²) < 4.78 is 13.1. The SMILES string of the molecule is Cc1cc(-c2oc(-c3ccc4c(c3)oc3ccccc34)c3ccccc23)cc(-c2cccc(-c3cc(-c4ccccc4)cc(-c4ccccc4O)n3)c2)n1. The predicted molar refractivity (Wildman–Crippen MR) is 218 cm³/mol. The topological polar surface area (TPSA) is 72.3 Å². The van der Waals surface area contributed by atoms with E-state index in [1.54, 1.807) is 6.07 Å². The third kappa shape index (κ3) is 5.51. The first-order valence-electron chi connectivity index (χ1n) is 17.9. The number of fused-ring (bicyclic) bond motifs is 4. The Bertz CT molecular complexity index is 3030. The van der Waals surface area contributed by atoms with Gasteiger partial charge in [-0.2, -0.15) is 0 Å². The van der Waals surface area contributed by atoms with Crippen molar-refractivity contribution in [3.63, 3.8) is 0 Å². The number of phenolic OH excluding ortho intramolecular Hbond substituents is 1. The number of nitrogens with zero attached hydrogens (tertiary/aromatic N) is 2. The molecule has 4 aromatic heterocycles. The molecule has 0 saturated carbocycles. The summed E-state index contributed by atoms with van der Waals surface area (Å²) >= 11 is 0. The van der Waals surface area contributed by atoms with Crippen LogP contribution in [0.25, 0.3) is 100 Å². The van der Waals surface area contributed by atoms with E-state index in [-0.39, 0.29) is 5.75 Å². The zero-order valence-corrected chi connectivity index (χ0v) is 29.3. The molecule has 0 unspecified atom stereocenters. The van der Waals surface area contributed by atoms with Crippen LogP contribution in [0.1, 0.15) is 5.69 Å². The van der Waals surface area contributed by atoms with Gasteiger partial charge in [-0.15, -0.1) is 0 Å². The van der Waals surface area contributed by atoms with Crippen molar-refractivity contribution in [2.75, 3.05) is 0 Å². The first-order chi connectivity index (χ1) is 26.6. The molecule has 4 heterocycles. The van der Waals surface area contributed by atoms with E-state index in [1.165, 1.54) is 0 Å². The van der Waals surface area contributed by atoms with Crippen molar-refractivity contribution in [2.24, 2.45) is 0 Å². The number of benzene rings is 6. The minimum Gasteiger partial charge on any atom is -0.507 e. The van der Waals surface area contributed by atoms with Gasteiger partial charge >= 0.3 is 0 Å². The van der Waals surface area contributed by atoms with Crippen LogP contribution in [0.2, 0.25) is 0 Å². The van der Waals surface area contributed by atoms with Crippen LogP contribution in [0.5, 0.6) is 5.75 Å². The lowest BCUT2D eigenvalue weighted by molar-refractivity contribution is 0.477. The highest BCUT2D eigenvalue weighted by Crippen LogP contribution is 2.42. The second kappa shape index (κ2) is 12.8. The molecular weight excluding hydrogens is 665 g/mol. The number of furan rings is 2. The van der Waals surface area contributed by atoms with E-state index >= 15 is 0 Å². The maximum atomic E-state index is 10.8. The third-order valence-electron chi connectivity index (χ3n) is 10.0. The predicted octanol–water partition coefficient (Wildman–Crippen LogP) is 13.1. The number of aromatic nitrogens is 2. The molecule has 10 rings (SSSR count). The number of hydrogen-bond donors (Lipinski definition) is 1. The lowest BCUT2D eigenvalue weighted by Crippen LogP contribution is -1.93. The van der Waals surface area contributed by atoms with Gasteiger partial charge < -0.3 is 13.9 Å². The van der Waals surface area contributed by atoms with Crippen LogP contribution in [-0.4, -0.2) is 15.1 Å². The maximum Gasteiger partial charge on any atom is 0.142 e. The van der Waals surface area contributed by atoms with Crippen molar-refractivity contribution < 1.29 is 13.9 Å². The summed E-state index contributed by atoms with van der Waals surface area (Å²) in [6.07, 6.45) is 0. The first kappa shape index (κ1) is 31.5. The molecule has 0 bridgehead atoms. The highest BCUT2D eigenvalue weighted by Gasteiger charge is 2.19. The molecule has 6 aromatic carbocycles. The number of rotatable bonds is 6. The monoisotopic (exact) mass is 696 g/mol. The van der Waals surface area contributed by atoms with E-state index < -0.39 is 0 Å². The van der Waals surface area contributed by atoms with Gasteiger partial charge in [-0.1, -0.05) is 109 Å². The summed E-state index contributed by atoms with van der Waals surface area (Å²) in [7, 11) is 0. The third-order valence-corrected chi connectivity index (χ3v) is 10.0. The molecule has 1 N–H and O–H groups in total. The largest absolute Gasteiger partial charge is 0.507 e. The smallest absolute Gasteiger partial charge is 0.142 e. The highest BCUT2D eigenvalue weighted by atomic mass is 16.3. The minimum absolute atomic E-state index is 0.190. The number of hydrogen-bond acceptors (Lipinski definition) is 5. The number of phenols is 1. The van der Waals surface area contributed by atoms with Gasteiger partial charge in [0.2, 0.25) is 0 Å². The minimum atomic E-state index is 0.190. The molecule has 54 heavy (non-hydrogen) atoms. The molecule has 5 heteroatoms. The van der Waals surface area contributed by atoms with E-state index in [1.807, 2.05) is 85.8 Å². The van der Waals surface area contributed by atoms with Crippen molar-refractivity contribution >= 4 is 32.7 Å². The van der Waals surface area contributed by atoms with Gasteiger partial charge in [-0.25, -0.2) is 4.98 Å². The van der Waals surface area contributed by atoms with Crippen molar-refractivity contribution in [1.29, 1.82) is 0 Å². The van der Waals surface area contributed by atoms with E-state index in [0.717, 1.165) is 94.7 Å². The van der Waals surface area contributed by atoms with Gasteiger partial charge in [0.05, 0.1) is 17.1 Å². The van der Waals surface area contributed by atoms with E-state index in [0.29, 0.717) is 11.3 Å². The Hall–Kier alpha value is -7.24. The maximum absolute atomic E-state index is 10.8. The Labute approximate surface area is 311 Å². The molecule has 0 atom stereocenters. The lowest BCUT2D eigenvalue weighted by atomic mass is 9.98. The zero-order valence-electron chi connectivity index (χ0n) is 29.3. The van der Waals surface area contributed by atoms with Crippen molar-refractivity contribution in [1.82, 2.24) is 9.97 Å². The molecule has 0 fully saturated rings. The van der Waals surface area contributed by atoms with E-state index in [2.05, 4.69) is 84.9 Å². The van der Waals surface area contributed by atoms with Crippen molar-refractivity contribution in [2.45, 2.75) is 6.92 Å². The fourth-order valence-corrected chi connectivity index (χ4v) is 7.48. The van der Waals surface area contributed by atoms with Gasteiger partial charge in [0.25, 0.3) is 0 Å². The molecular formula is C49H32N2O3. The van der Waals surface area contributed by atoms with Crippen LogP contribution in [0.4, 0.5) is 0 Å². The zero-order chi connectivity index (χ0) is 36.2. The Kier molecular flexibility index (Phi) is 7.44. The molecule has 0 aliphatic heterocycles. The summed E-state index contributed by atoms with van der Waals surface area (Å²) in [6, 6.07) is 56.9. The average Bonchev–Trinajstić information content (AvgIpc) is 3.80. The van der Waals surface area contributed by atoms with Gasteiger partial charge in [-0.3, -0.25) is 4.98 Å². The molecule has 0 amide bonds. The van der Waals surface area contributed by atoms with Crippen molar-refractivity contribution in [3.05, 3.63) is 176 Å². The Morgan fingerprint density at radius 3 is 1.80 bits per heavy atom. The van der Waals surface area contributed by atoms with Crippen LogP contribution >= 0.6 is 0 Å². The Balaban J connectivity index is 1.07. The van der Waals surface area contributed by atoms with Crippen LogP contribution in [0.15, 0.2) is 179 Å². The molecule has 5 nitrogen and oxygen atoms in total. The second-order valence-corrected chi connectivity index (χ2v) is 13.6. The molecule has 0 spiro atoms. The number of aryl methyl sites for hydroxylation is 1. The standard InChI is InChI=1S/C49H32N2O3/c1-30-24-36(49-40-18-6-5-17-39(40)48(54-49)34-22-23-38-37-16-8-10-21-46(37)53-47(38)29-34)28-42(50-30)32-14-11-15-33(25-32)43-26-35(31-12-3-2-4-13-31)27-44(51-43)41-19-7-9-20-45(41)52/h2-29,52H,1H3. The number of pyridine rings is 2. The molecule has 256 valence electrons. The Morgan fingerprint density at radius 1 is 0.389 bits per heavy atom. The van der Waals surface area contributed by atoms with E-state index in [4.69, 9.17) is 18.8 Å². The summed E-state index contributed by atoms with van der Waals surface area (Å²) in [5, 5.41) is 15.0. The van der Waals surface area contributed by atoms with Crippen LogP contribution < -0.4 is 0 Å². The molecule has 0 saturated heterocycles. The Morgan fingerprint density at radius 2 is 1.00 bits per heavy atom. The quantitative estimate of drug-likeness (QED) is 0.187. The molecule has 10 aromatic rings. The van der Waals surface area contributed by atoms with Gasteiger partial charge in [0.1, 0.15) is 28.4 Å². The number of aromatic hydroxyl groups is 1. The summed E-state index contributed by atoms with van der Waals surface area (Å²) in [5.74, 6) is 1.78. The van der Waals surface area contributed by atoms with Crippen LogP contribution in [0.3, 0.4) is 0 Å². The van der Waals surface area contributed by atoms with Crippen LogP contribution in [-0.2, 0) is 0 Å². The fourth-order valence-electron chi connectivity index (χ4n) is 7.48.